The number of amides is 1. The van der Waals surface area contributed by atoms with E-state index in [-0.39, 0.29) is 11.7 Å². The number of unbranched alkanes of at least 4 members (excludes halogenated alkanes) is 1. The second kappa shape index (κ2) is 5.99. The molecule has 0 radical (unpaired) electrons. The van der Waals surface area contributed by atoms with Crippen molar-refractivity contribution in [1.82, 2.24) is 0 Å². The van der Waals surface area contributed by atoms with Gasteiger partial charge in [0.05, 0.1) is 4.47 Å². The summed E-state index contributed by atoms with van der Waals surface area (Å²) >= 11 is 3.10. The highest BCUT2D eigenvalue weighted by atomic mass is 79.9. The van der Waals surface area contributed by atoms with Crippen molar-refractivity contribution in [3.8, 4) is 0 Å². The number of anilines is 1. The predicted molar refractivity (Wildman–Crippen MR) is 67.0 cm³/mol. The van der Waals surface area contributed by atoms with E-state index < -0.39 is 0 Å². The van der Waals surface area contributed by atoms with E-state index in [4.69, 9.17) is 0 Å². The van der Waals surface area contributed by atoms with Crippen molar-refractivity contribution in [2.45, 2.75) is 33.1 Å². The Morgan fingerprint density at radius 3 is 2.81 bits per heavy atom. The molecule has 0 bridgehead atoms. The lowest BCUT2D eigenvalue weighted by atomic mass is 10.2. The molecule has 1 rings (SSSR count). The summed E-state index contributed by atoms with van der Waals surface area (Å²) in [5, 5.41) is 2.71. The van der Waals surface area contributed by atoms with Crippen molar-refractivity contribution in [2.75, 3.05) is 5.32 Å². The Hall–Kier alpha value is -0.900. The number of carbonyl (C=O) groups is 1. The molecule has 0 aromatic heterocycles. The largest absolute Gasteiger partial charge is 0.326 e. The summed E-state index contributed by atoms with van der Waals surface area (Å²) in [6.07, 6.45) is 2.30. The van der Waals surface area contributed by atoms with E-state index in [1.807, 2.05) is 13.8 Å². The Bertz CT molecular complexity index is 393. The Balaban J connectivity index is 2.73. The van der Waals surface area contributed by atoms with E-state index in [1.54, 1.807) is 6.07 Å². The average molecular weight is 288 g/mol. The highest BCUT2D eigenvalue weighted by Gasteiger charge is 2.08. The quantitative estimate of drug-likeness (QED) is 0.890. The monoisotopic (exact) mass is 287 g/mol. The van der Waals surface area contributed by atoms with Gasteiger partial charge in [0.1, 0.15) is 5.82 Å². The van der Waals surface area contributed by atoms with Crippen LogP contribution in [0.25, 0.3) is 0 Å². The molecule has 0 heterocycles. The summed E-state index contributed by atoms with van der Waals surface area (Å²) in [4.78, 5) is 11.5. The number of hydrogen-bond acceptors (Lipinski definition) is 1. The van der Waals surface area contributed by atoms with Crippen LogP contribution in [0.4, 0.5) is 10.1 Å². The first-order valence-electron chi connectivity index (χ1n) is 5.30. The molecule has 0 unspecified atom stereocenters. The molecular weight excluding hydrogens is 273 g/mol. The van der Waals surface area contributed by atoms with Crippen molar-refractivity contribution in [1.29, 1.82) is 0 Å². The van der Waals surface area contributed by atoms with Crippen molar-refractivity contribution < 1.29 is 9.18 Å². The number of aryl methyl sites for hydroxylation is 1. The van der Waals surface area contributed by atoms with E-state index >= 15 is 0 Å². The summed E-state index contributed by atoms with van der Waals surface area (Å²) in [6, 6.07) is 2.99. The third-order valence-corrected chi connectivity index (χ3v) is 2.91. The Morgan fingerprint density at radius 2 is 2.19 bits per heavy atom. The first kappa shape index (κ1) is 13.2. The zero-order valence-corrected chi connectivity index (χ0v) is 11.0. The normalized spacial score (nSPS) is 10.2. The van der Waals surface area contributed by atoms with Gasteiger partial charge in [0.15, 0.2) is 0 Å². The number of halogens is 2. The van der Waals surface area contributed by atoms with E-state index in [2.05, 4.69) is 21.2 Å². The second-order valence-electron chi connectivity index (χ2n) is 3.73. The lowest BCUT2D eigenvalue weighted by molar-refractivity contribution is -0.116. The summed E-state index contributed by atoms with van der Waals surface area (Å²) in [6.45, 7) is 3.86. The van der Waals surface area contributed by atoms with E-state index in [1.165, 1.54) is 6.07 Å². The maximum absolute atomic E-state index is 13.3. The molecule has 1 aromatic carbocycles. The van der Waals surface area contributed by atoms with Crippen molar-refractivity contribution in [2.24, 2.45) is 0 Å². The second-order valence-corrected chi connectivity index (χ2v) is 4.59. The molecule has 16 heavy (non-hydrogen) atoms. The third-order valence-electron chi connectivity index (χ3n) is 2.30. The molecule has 0 fully saturated rings. The zero-order chi connectivity index (χ0) is 12.1. The van der Waals surface area contributed by atoms with E-state index in [0.29, 0.717) is 16.6 Å². The van der Waals surface area contributed by atoms with Crippen LogP contribution in [0, 0.1) is 12.7 Å². The van der Waals surface area contributed by atoms with Crippen LogP contribution in [0.1, 0.15) is 31.7 Å². The van der Waals surface area contributed by atoms with Gasteiger partial charge in [-0.2, -0.15) is 0 Å². The number of nitrogens with one attached hydrogen (secondary N) is 1. The standard InChI is InChI=1S/C12H15BrFNO/c1-3-4-5-12(16)15-11-7-10(14)9(13)6-8(11)2/h6-7H,3-5H2,1-2H3,(H,15,16). The van der Waals surface area contributed by atoms with Gasteiger partial charge in [-0.25, -0.2) is 4.39 Å². The van der Waals surface area contributed by atoms with Gasteiger partial charge in [-0.05, 0) is 47.0 Å². The predicted octanol–water partition coefficient (Wildman–Crippen LogP) is 4.03. The van der Waals surface area contributed by atoms with Gasteiger partial charge in [0.25, 0.3) is 0 Å². The molecule has 4 heteroatoms. The molecule has 1 amide bonds. The number of rotatable bonds is 4. The summed E-state index contributed by atoms with van der Waals surface area (Å²) < 4.78 is 13.7. The molecule has 0 aliphatic heterocycles. The maximum Gasteiger partial charge on any atom is 0.224 e. The number of benzene rings is 1. The fraction of sp³-hybridized carbons (Fsp3) is 0.417. The lowest BCUT2D eigenvalue weighted by Gasteiger charge is -2.09. The Kier molecular flexibility index (Phi) is 4.93. The van der Waals surface area contributed by atoms with E-state index in [9.17, 15) is 9.18 Å². The molecule has 0 saturated heterocycles. The van der Waals surface area contributed by atoms with Gasteiger partial charge in [0.2, 0.25) is 5.91 Å². The van der Waals surface area contributed by atoms with Crippen LogP contribution >= 0.6 is 15.9 Å². The zero-order valence-electron chi connectivity index (χ0n) is 9.44. The maximum atomic E-state index is 13.3. The van der Waals surface area contributed by atoms with Gasteiger partial charge in [-0.1, -0.05) is 13.3 Å². The Labute approximate surface area is 103 Å². The SMILES string of the molecule is CCCCC(=O)Nc1cc(F)c(Br)cc1C. The minimum absolute atomic E-state index is 0.0633. The summed E-state index contributed by atoms with van der Waals surface area (Å²) in [5.74, 6) is -0.428. The topological polar surface area (TPSA) is 29.1 Å². The minimum Gasteiger partial charge on any atom is -0.326 e. The molecule has 1 aromatic rings. The van der Waals surface area contributed by atoms with Crippen LogP contribution in [-0.2, 0) is 4.79 Å². The van der Waals surface area contributed by atoms with Crippen LogP contribution in [0.2, 0.25) is 0 Å². The number of hydrogen-bond donors (Lipinski definition) is 1. The first-order chi connectivity index (χ1) is 7.54. The van der Waals surface area contributed by atoms with Crippen LogP contribution in [0.3, 0.4) is 0 Å². The molecule has 1 N–H and O–H groups in total. The molecule has 0 spiro atoms. The number of carbonyl (C=O) groups excluding carboxylic acids is 1. The third kappa shape index (κ3) is 3.59. The van der Waals surface area contributed by atoms with Crippen molar-refractivity contribution in [3.63, 3.8) is 0 Å². The molecular formula is C12H15BrFNO. The van der Waals surface area contributed by atoms with Gasteiger partial charge in [-0.3, -0.25) is 4.79 Å². The molecule has 0 saturated carbocycles. The fourth-order valence-corrected chi connectivity index (χ4v) is 1.79. The summed E-state index contributed by atoms with van der Waals surface area (Å²) in [5.41, 5.74) is 1.39. The van der Waals surface area contributed by atoms with Crippen molar-refractivity contribution in [3.05, 3.63) is 28.0 Å². The van der Waals surface area contributed by atoms with Crippen LogP contribution in [0.5, 0.6) is 0 Å². The average Bonchev–Trinajstić information content (AvgIpc) is 2.23. The van der Waals surface area contributed by atoms with Gasteiger partial charge in [0, 0.05) is 12.1 Å². The first-order valence-corrected chi connectivity index (χ1v) is 6.09. The Morgan fingerprint density at radius 1 is 1.50 bits per heavy atom. The molecule has 0 aliphatic rings. The van der Waals surface area contributed by atoms with Crippen LogP contribution < -0.4 is 5.32 Å². The smallest absolute Gasteiger partial charge is 0.224 e. The molecule has 2 nitrogen and oxygen atoms in total. The molecule has 88 valence electrons. The molecule has 0 aliphatic carbocycles. The highest BCUT2D eigenvalue weighted by Crippen LogP contribution is 2.24. The van der Waals surface area contributed by atoms with Crippen LogP contribution in [0.15, 0.2) is 16.6 Å². The van der Waals surface area contributed by atoms with E-state index in [0.717, 1.165) is 18.4 Å². The summed E-state index contributed by atoms with van der Waals surface area (Å²) in [7, 11) is 0. The van der Waals surface area contributed by atoms with Gasteiger partial charge < -0.3 is 5.32 Å². The lowest BCUT2D eigenvalue weighted by Crippen LogP contribution is -2.12. The molecule has 0 atom stereocenters. The van der Waals surface area contributed by atoms with Gasteiger partial charge in [-0.15, -0.1) is 0 Å². The fourth-order valence-electron chi connectivity index (χ4n) is 1.33. The highest BCUT2D eigenvalue weighted by molar-refractivity contribution is 9.10. The minimum atomic E-state index is -0.364. The van der Waals surface area contributed by atoms with Crippen LogP contribution in [-0.4, -0.2) is 5.91 Å². The van der Waals surface area contributed by atoms with Crippen molar-refractivity contribution >= 4 is 27.5 Å². The van der Waals surface area contributed by atoms with Gasteiger partial charge >= 0.3 is 0 Å².